The zero-order valence-electron chi connectivity index (χ0n) is 19.2. The Balaban J connectivity index is 1.63. The van der Waals surface area contributed by atoms with Gasteiger partial charge < -0.3 is 4.90 Å². The smallest absolute Gasteiger partial charge is 0.341 e. The van der Waals surface area contributed by atoms with E-state index in [0.717, 1.165) is 16.7 Å². The molecular weight excluding hydrogens is 448 g/mol. The second kappa shape index (κ2) is 9.61. The van der Waals surface area contributed by atoms with Crippen LogP contribution in [-0.2, 0) is 16.8 Å². The van der Waals surface area contributed by atoms with Gasteiger partial charge in [-0.2, -0.15) is 4.98 Å². The summed E-state index contributed by atoms with van der Waals surface area (Å²) in [5, 5.41) is 0.440. The molecule has 1 N–H and O–H groups in total. The topological polar surface area (TPSA) is 79.0 Å². The Morgan fingerprint density at radius 2 is 1.62 bits per heavy atom. The van der Waals surface area contributed by atoms with Crippen molar-refractivity contribution >= 4 is 17.5 Å². The van der Waals surface area contributed by atoms with Crippen molar-refractivity contribution in [2.75, 3.05) is 7.05 Å². The van der Waals surface area contributed by atoms with Gasteiger partial charge in [0.15, 0.2) is 5.82 Å². The van der Waals surface area contributed by atoms with E-state index in [1.807, 2.05) is 86.6 Å². The standard InChI is InChI=1S/C27H25ClN4O2/c1-27(2,20-12-8-5-9-13-20)25(33)32(3)17-18-14-15-22(28)21(16-18)24-29-23(30-26(34)31-24)19-10-6-4-7-11-19/h4-16H,17H2,1-3H3,(H,29,30,31,34). The molecule has 0 aliphatic heterocycles. The Morgan fingerprint density at radius 1 is 0.971 bits per heavy atom. The molecule has 0 aliphatic carbocycles. The summed E-state index contributed by atoms with van der Waals surface area (Å²) in [4.78, 5) is 38.4. The molecule has 3 aromatic carbocycles. The normalized spacial score (nSPS) is 11.3. The maximum absolute atomic E-state index is 13.3. The van der Waals surface area contributed by atoms with Gasteiger partial charge in [-0.25, -0.2) is 9.78 Å². The molecule has 4 rings (SSSR count). The number of nitrogens with one attached hydrogen (secondary N) is 1. The minimum atomic E-state index is -0.673. The van der Waals surface area contributed by atoms with Crippen LogP contribution in [0, 0.1) is 0 Å². The highest BCUT2D eigenvalue weighted by atomic mass is 35.5. The van der Waals surface area contributed by atoms with E-state index >= 15 is 0 Å². The number of carbonyl (C=O) groups excluding carboxylic acids is 1. The Kier molecular flexibility index (Phi) is 6.61. The molecule has 172 valence electrons. The van der Waals surface area contributed by atoms with Gasteiger partial charge in [0.1, 0.15) is 5.82 Å². The molecule has 0 radical (unpaired) electrons. The monoisotopic (exact) mass is 472 g/mol. The number of rotatable bonds is 6. The van der Waals surface area contributed by atoms with Crippen molar-refractivity contribution in [3.05, 3.63) is 105 Å². The fraction of sp³-hybridized carbons (Fsp3) is 0.185. The molecular formula is C27H25ClN4O2. The molecule has 0 spiro atoms. The van der Waals surface area contributed by atoms with Crippen LogP contribution in [0.1, 0.15) is 25.0 Å². The van der Waals surface area contributed by atoms with Gasteiger partial charge in [0.25, 0.3) is 0 Å². The Labute approximate surface area is 203 Å². The number of aromatic amines is 1. The third-order valence-electron chi connectivity index (χ3n) is 5.76. The predicted octanol–water partition coefficient (Wildman–Crippen LogP) is 5.09. The van der Waals surface area contributed by atoms with Crippen LogP contribution in [0.5, 0.6) is 0 Å². The van der Waals surface area contributed by atoms with Crippen molar-refractivity contribution in [3.63, 3.8) is 0 Å². The lowest BCUT2D eigenvalue weighted by Gasteiger charge is -2.30. The quantitative estimate of drug-likeness (QED) is 0.424. The second-order valence-electron chi connectivity index (χ2n) is 8.66. The molecule has 0 atom stereocenters. The molecule has 0 fully saturated rings. The maximum Gasteiger partial charge on any atom is 0.348 e. The Hall–Kier alpha value is -3.77. The van der Waals surface area contributed by atoms with Crippen LogP contribution >= 0.6 is 11.6 Å². The van der Waals surface area contributed by atoms with Gasteiger partial charge in [0.2, 0.25) is 5.91 Å². The van der Waals surface area contributed by atoms with E-state index in [9.17, 15) is 9.59 Å². The number of carbonyl (C=O) groups is 1. The zero-order chi connectivity index (χ0) is 24.3. The molecule has 0 aliphatic rings. The van der Waals surface area contributed by atoms with Crippen LogP contribution < -0.4 is 5.69 Å². The van der Waals surface area contributed by atoms with Gasteiger partial charge in [0.05, 0.1) is 10.4 Å². The Bertz CT molecular complexity index is 1370. The first-order valence-electron chi connectivity index (χ1n) is 10.9. The molecule has 0 saturated carbocycles. The summed E-state index contributed by atoms with van der Waals surface area (Å²) in [5.74, 6) is 0.638. The third-order valence-corrected chi connectivity index (χ3v) is 6.09. The summed E-state index contributed by atoms with van der Waals surface area (Å²) in [6, 6.07) is 24.4. The fourth-order valence-electron chi connectivity index (χ4n) is 3.88. The third kappa shape index (κ3) is 4.92. The molecule has 4 aromatic rings. The highest BCUT2D eigenvalue weighted by Crippen LogP contribution is 2.29. The van der Waals surface area contributed by atoms with Crippen LogP contribution in [0.15, 0.2) is 83.7 Å². The molecule has 34 heavy (non-hydrogen) atoms. The summed E-state index contributed by atoms with van der Waals surface area (Å²) in [7, 11) is 1.78. The second-order valence-corrected chi connectivity index (χ2v) is 9.07. The molecule has 0 bridgehead atoms. The average molecular weight is 473 g/mol. The molecule has 1 aromatic heterocycles. The Morgan fingerprint density at radius 3 is 2.29 bits per heavy atom. The SMILES string of the molecule is CN(Cc1ccc(Cl)c(-c2nc(-c3ccccc3)nc(=O)[nH]2)c1)C(=O)C(C)(C)c1ccccc1. The van der Waals surface area contributed by atoms with Crippen molar-refractivity contribution in [2.45, 2.75) is 25.8 Å². The summed E-state index contributed by atoms with van der Waals surface area (Å²) < 4.78 is 0. The number of H-pyrrole nitrogens is 1. The first kappa shape index (κ1) is 23.4. The van der Waals surface area contributed by atoms with Crippen LogP contribution in [-0.4, -0.2) is 32.8 Å². The fourth-order valence-corrected chi connectivity index (χ4v) is 4.09. The number of amides is 1. The number of aromatic nitrogens is 3. The van der Waals surface area contributed by atoms with Crippen LogP contribution in [0.2, 0.25) is 5.02 Å². The predicted molar refractivity (Wildman–Crippen MR) is 134 cm³/mol. The maximum atomic E-state index is 13.3. The lowest BCUT2D eigenvalue weighted by molar-refractivity contribution is -0.135. The minimum Gasteiger partial charge on any atom is -0.341 e. The minimum absolute atomic E-state index is 0.00277. The van der Waals surface area contributed by atoms with Gasteiger partial charge in [-0.15, -0.1) is 0 Å². The summed E-state index contributed by atoms with van der Waals surface area (Å²) in [6.45, 7) is 4.22. The number of hydrogen-bond acceptors (Lipinski definition) is 4. The first-order chi connectivity index (χ1) is 16.3. The van der Waals surface area contributed by atoms with Gasteiger partial charge in [-0.05, 0) is 37.1 Å². The first-order valence-corrected chi connectivity index (χ1v) is 11.3. The molecule has 0 saturated heterocycles. The van der Waals surface area contributed by atoms with Gasteiger partial charge in [-0.1, -0.05) is 78.3 Å². The van der Waals surface area contributed by atoms with Crippen molar-refractivity contribution in [3.8, 4) is 22.8 Å². The van der Waals surface area contributed by atoms with E-state index in [-0.39, 0.29) is 5.91 Å². The number of benzene rings is 3. The molecule has 1 heterocycles. The van der Waals surface area contributed by atoms with Crippen LogP contribution in [0.4, 0.5) is 0 Å². The van der Waals surface area contributed by atoms with E-state index in [1.165, 1.54) is 0 Å². The largest absolute Gasteiger partial charge is 0.348 e. The number of hydrogen-bond donors (Lipinski definition) is 1. The average Bonchev–Trinajstić information content (AvgIpc) is 2.85. The lowest BCUT2D eigenvalue weighted by Crippen LogP contribution is -2.40. The van der Waals surface area contributed by atoms with Crippen molar-refractivity contribution in [1.82, 2.24) is 19.9 Å². The van der Waals surface area contributed by atoms with E-state index in [4.69, 9.17) is 11.6 Å². The van der Waals surface area contributed by atoms with Crippen LogP contribution in [0.3, 0.4) is 0 Å². The van der Waals surface area contributed by atoms with E-state index in [1.54, 1.807) is 18.0 Å². The van der Waals surface area contributed by atoms with Gasteiger partial charge >= 0.3 is 5.69 Å². The van der Waals surface area contributed by atoms with Crippen molar-refractivity contribution < 1.29 is 4.79 Å². The lowest BCUT2D eigenvalue weighted by atomic mass is 9.83. The zero-order valence-corrected chi connectivity index (χ0v) is 20.0. The number of nitrogens with zero attached hydrogens (tertiary/aromatic N) is 3. The summed E-state index contributed by atoms with van der Waals surface area (Å²) in [5.41, 5.74) is 1.93. The number of likely N-dealkylation sites (N-methyl/N-ethyl adjacent to an activating group) is 1. The van der Waals surface area contributed by atoms with Crippen molar-refractivity contribution in [1.29, 1.82) is 0 Å². The van der Waals surface area contributed by atoms with Crippen LogP contribution in [0.25, 0.3) is 22.8 Å². The molecule has 1 amide bonds. The van der Waals surface area contributed by atoms with E-state index in [0.29, 0.717) is 28.8 Å². The molecule has 7 heteroatoms. The molecule has 6 nitrogen and oxygen atoms in total. The van der Waals surface area contributed by atoms with E-state index in [2.05, 4.69) is 15.0 Å². The highest BCUT2D eigenvalue weighted by Gasteiger charge is 2.32. The molecule has 0 unspecified atom stereocenters. The summed E-state index contributed by atoms with van der Waals surface area (Å²) in [6.07, 6.45) is 0. The number of halogens is 1. The highest BCUT2D eigenvalue weighted by molar-refractivity contribution is 6.33. The summed E-state index contributed by atoms with van der Waals surface area (Å²) >= 11 is 6.47. The van der Waals surface area contributed by atoms with Gasteiger partial charge in [-0.3, -0.25) is 9.78 Å². The van der Waals surface area contributed by atoms with Gasteiger partial charge in [0, 0.05) is 24.7 Å². The van der Waals surface area contributed by atoms with Crippen molar-refractivity contribution in [2.24, 2.45) is 0 Å². The van der Waals surface area contributed by atoms with E-state index < -0.39 is 11.1 Å².